The van der Waals surface area contributed by atoms with Gasteiger partial charge in [-0.05, 0) is 23.8 Å². The van der Waals surface area contributed by atoms with Crippen molar-refractivity contribution in [2.24, 2.45) is 0 Å². The number of thiazole rings is 1. The van der Waals surface area contributed by atoms with E-state index in [-0.39, 0.29) is 17.5 Å². The molecule has 6 heteroatoms. The summed E-state index contributed by atoms with van der Waals surface area (Å²) in [6.45, 7) is 1.77. The normalized spacial score (nSPS) is 11.4. The van der Waals surface area contributed by atoms with Crippen molar-refractivity contribution in [1.82, 2.24) is 15.2 Å². The van der Waals surface area contributed by atoms with E-state index in [2.05, 4.69) is 10.3 Å². The number of aromatic nitrogens is 1. The number of nitrogens with zero attached hydrogens (tertiary/aromatic N) is 2. The Balaban J connectivity index is 1.81. The van der Waals surface area contributed by atoms with Crippen LogP contribution in [0.2, 0.25) is 0 Å². The van der Waals surface area contributed by atoms with Gasteiger partial charge in [-0.2, -0.15) is 0 Å². The number of fused-ring (bicyclic) bond motifs is 1. The van der Waals surface area contributed by atoms with Crippen molar-refractivity contribution in [3.05, 3.63) is 70.9 Å². The maximum atomic E-state index is 12.8. The third kappa shape index (κ3) is 4.34. The molecule has 1 N–H and O–H groups in total. The van der Waals surface area contributed by atoms with Crippen LogP contribution in [0, 0.1) is 0 Å². The minimum atomic E-state index is -0.283. The molecule has 0 aliphatic heterocycles. The van der Waals surface area contributed by atoms with Gasteiger partial charge in [0.15, 0.2) is 0 Å². The van der Waals surface area contributed by atoms with Crippen molar-refractivity contribution in [1.29, 1.82) is 0 Å². The van der Waals surface area contributed by atoms with Crippen LogP contribution in [0.15, 0.2) is 60.3 Å². The van der Waals surface area contributed by atoms with E-state index in [0.717, 1.165) is 20.8 Å². The Bertz CT molecular complexity index is 930. The molecule has 0 saturated heterocycles. The largest absolute Gasteiger partial charge is 0.334 e. The van der Waals surface area contributed by atoms with E-state index >= 15 is 0 Å². The second-order valence-corrected chi connectivity index (χ2v) is 7.00. The smallest absolute Gasteiger partial charge is 0.270 e. The fourth-order valence-electron chi connectivity index (χ4n) is 2.52. The Morgan fingerprint density at radius 3 is 2.50 bits per heavy atom. The number of carbonyl (C=O) groups is 2. The van der Waals surface area contributed by atoms with Crippen LogP contribution < -0.4 is 5.32 Å². The molecule has 1 aromatic heterocycles. The molecular weight excluding hydrogens is 346 g/mol. The maximum Gasteiger partial charge on any atom is 0.270 e. The summed E-state index contributed by atoms with van der Waals surface area (Å²) in [5.74, 6) is -0.544. The van der Waals surface area contributed by atoms with Gasteiger partial charge in [0.1, 0.15) is 10.7 Å². The molecule has 0 saturated carbocycles. The van der Waals surface area contributed by atoms with E-state index in [4.69, 9.17) is 0 Å². The molecule has 5 nitrogen and oxygen atoms in total. The van der Waals surface area contributed by atoms with Gasteiger partial charge in [-0.25, -0.2) is 4.98 Å². The predicted molar refractivity (Wildman–Crippen MR) is 104 cm³/mol. The van der Waals surface area contributed by atoms with Crippen molar-refractivity contribution in [3.8, 4) is 0 Å². The summed E-state index contributed by atoms with van der Waals surface area (Å²) in [6, 6.07) is 17.3. The molecule has 3 rings (SSSR count). The van der Waals surface area contributed by atoms with Crippen LogP contribution in [0.1, 0.15) is 17.5 Å². The molecular formula is C20H19N3O2S. The Hall–Kier alpha value is -2.99. The minimum Gasteiger partial charge on any atom is -0.334 e. The molecule has 1 heterocycles. The van der Waals surface area contributed by atoms with E-state index in [1.165, 1.54) is 6.92 Å². The highest BCUT2D eigenvalue weighted by Gasteiger charge is 2.18. The van der Waals surface area contributed by atoms with Gasteiger partial charge >= 0.3 is 0 Å². The number of carbonyl (C=O) groups excluding carboxylic acids is 2. The SMILES string of the molecule is CC(=O)N/C(=C\c1ccccc1)C(=O)N(C)Cc1nc2ccccc2s1. The number of hydrogen-bond acceptors (Lipinski definition) is 4. The van der Waals surface area contributed by atoms with Crippen molar-refractivity contribution in [2.45, 2.75) is 13.5 Å². The summed E-state index contributed by atoms with van der Waals surface area (Å²) in [6.07, 6.45) is 1.68. The summed E-state index contributed by atoms with van der Waals surface area (Å²) >= 11 is 1.56. The highest BCUT2D eigenvalue weighted by molar-refractivity contribution is 7.18. The monoisotopic (exact) mass is 365 g/mol. The molecule has 0 aliphatic rings. The van der Waals surface area contributed by atoms with Crippen LogP contribution in [0.5, 0.6) is 0 Å². The first-order chi connectivity index (χ1) is 12.5. The number of nitrogens with one attached hydrogen (secondary N) is 1. The van der Waals surface area contributed by atoms with Crippen LogP contribution >= 0.6 is 11.3 Å². The van der Waals surface area contributed by atoms with Gasteiger partial charge < -0.3 is 10.2 Å². The number of amides is 2. The lowest BCUT2D eigenvalue weighted by Crippen LogP contribution is -2.35. The van der Waals surface area contributed by atoms with Crippen LogP contribution in [0.3, 0.4) is 0 Å². The first-order valence-corrected chi connectivity index (χ1v) is 8.99. The predicted octanol–water partition coefficient (Wildman–Crippen LogP) is 3.43. The van der Waals surface area contributed by atoms with Crippen molar-refractivity contribution in [2.75, 3.05) is 7.05 Å². The summed E-state index contributed by atoms with van der Waals surface area (Å²) < 4.78 is 1.09. The van der Waals surface area contributed by atoms with Crippen molar-refractivity contribution in [3.63, 3.8) is 0 Å². The molecule has 0 unspecified atom stereocenters. The molecule has 3 aromatic rings. The molecule has 132 valence electrons. The topological polar surface area (TPSA) is 62.3 Å². The Morgan fingerprint density at radius 2 is 1.81 bits per heavy atom. The van der Waals surface area contributed by atoms with Crippen molar-refractivity contribution < 1.29 is 9.59 Å². The van der Waals surface area contributed by atoms with Crippen LogP contribution in [0.4, 0.5) is 0 Å². The quantitative estimate of drug-likeness (QED) is 0.705. The first-order valence-electron chi connectivity index (χ1n) is 8.17. The van der Waals surface area contributed by atoms with E-state index in [0.29, 0.717) is 6.54 Å². The fourth-order valence-corrected chi connectivity index (χ4v) is 3.55. The number of hydrogen-bond donors (Lipinski definition) is 1. The number of benzene rings is 2. The highest BCUT2D eigenvalue weighted by atomic mass is 32.1. The standard InChI is InChI=1S/C20H19N3O2S/c1-14(24)21-17(12-15-8-4-3-5-9-15)20(25)23(2)13-19-22-16-10-6-7-11-18(16)26-19/h3-12H,13H2,1-2H3,(H,21,24)/b17-12-. The average molecular weight is 365 g/mol. The summed E-state index contributed by atoms with van der Waals surface area (Å²) in [5, 5.41) is 3.49. The van der Waals surface area contributed by atoms with E-state index < -0.39 is 0 Å². The second-order valence-electron chi connectivity index (χ2n) is 5.89. The lowest BCUT2D eigenvalue weighted by Gasteiger charge is -2.18. The minimum absolute atomic E-state index is 0.243. The molecule has 0 atom stereocenters. The number of rotatable bonds is 5. The molecule has 2 aromatic carbocycles. The van der Waals surface area contributed by atoms with Gasteiger partial charge in [-0.15, -0.1) is 11.3 Å². The zero-order valence-electron chi connectivity index (χ0n) is 14.6. The zero-order valence-corrected chi connectivity index (χ0v) is 15.4. The van der Waals surface area contributed by atoms with E-state index in [1.807, 2.05) is 54.6 Å². The summed E-state index contributed by atoms with van der Waals surface area (Å²) in [5.41, 5.74) is 2.01. The summed E-state index contributed by atoms with van der Waals surface area (Å²) in [4.78, 5) is 30.5. The lowest BCUT2D eigenvalue weighted by molar-refractivity contribution is -0.128. The van der Waals surface area contributed by atoms with Crippen LogP contribution in [0.25, 0.3) is 16.3 Å². The third-order valence-corrected chi connectivity index (χ3v) is 4.73. The Kier molecular flexibility index (Phi) is 5.43. The van der Waals surface area contributed by atoms with Crippen LogP contribution in [-0.4, -0.2) is 28.7 Å². The van der Waals surface area contributed by atoms with E-state index in [1.54, 1.807) is 29.4 Å². The Labute approximate surface area is 156 Å². The molecule has 2 amide bonds. The van der Waals surface area contributed by atoms with Crippen LogP contribution in [-0.2, 0) is 16.1 Å². The number of para-hydroxylation sites is 1. The lowest BCUT2D eigenvalue weighted by atomic mass is 10.2. The third-order valence-electron chi connectivity index (χ3n) is 3.71. The molecule has 26 heavy (non-hydrogen) atoms. The zero-order chi connectivity index (χ0) is 18.5. The Morgan fingerprint density at radius 1 is 1.12 bits per heavy atom. The summed E-state index contributed by atoms with van der Waals surface area (Å²) in [7, 11) is 1.70. The van der Waals surface area contributed by atoms with Gasteiger partial charge in [0.05, 0.1) is 16.8 Å². The second kappa shape index (κ2) is 7.93. The van der Waals surface area contributed by atoms with Crippen molar-refractivity contribution >= 4 is 39.4 Å². The molecule has 0 spiro atoms. The van der Waals surface area contributed by atoms with Gasteiger partial charge in [0.25, 0.3) is 5.91 Å². The average Bonchev–Trinajstić information content (AvgIpc) is 3.03. The fraction of sp³-hybridized carbons (Fsp3) is 0.150. The van der Waals surface area contributed by atoms with Gasteiger partial charge in [0.2, 0.25) is 5.91 Å². The first kappa shape index (κ1) is 17.8. The molecule has 0 fully saturated rings. The molecule has 0 aliphatic carbocycles. The number of likely N-dealkylation sites (N-methyl/N-ethyl adjacent to an activating group) is 1. The van der Waals surface area contributed by atoms with Gasteiger partial charge in [-0.1, -0.05) is 42.5 Å². The van der Waals surface area contributed by atoms with Gasteiger partial charge in [0, 0.05) is 14.0 Å². The highest BCUT2D eigenvalue weighted by Crippen LogP contribution is 2.22. The molecule has 0 bridgehead atoms. The maximum absolute atomic E-state index is 12.8. The van der Waals surface area contributed by atoms with Gasteiger partial charge in [-0.3, -0.25) is 9.59 Å². The molecule has 0 radical (unpaired) electrons. The van der Waals surface area contributed by atoms with E-state index in [9.17, 15) is 9.59 Å².